The van der Waals surface area contributed by atoms with Gasteiger partial charge < -0.3 is 20.1 Å². The molecule has 0 rings (SSSR count). The Morgan fingerprint density at radius 3 is 1.69 bits per heavy atom. The number of unbranched alkanes of at least 4 members (excludes halogenated alkanes) is 7. The summed E-state index contributed by atoms with van der Waals surface area (Å²) in [6.45, 7) is 3.44. The Bertz CT molecular complexity index is 1110. The van der Waals surface area contributed by atoms with Crippen LogP contribution in [0.2, 0.25) is 0 Å². The van der Waals surface area contributed by atoms with E-state index in [-0.39, 0.29) is 32.6 Å². The van der Waals surface area contributed by atoms with Gasteiger partial charge in [0.25, 0.3) is 0 Å². The van der Waals surface area contributed by atoms with E-state index < -0.39 is 32.5 Å². The molecule has 51 heavy (non-hydrogen) atoms. The molecule has 0 saturated carbocycles. The average molecular weight is 734 g/mol. The predicted octanol–water partition coefficient (Wildman–Crippen LogP) is 10.5. The van der Waals surface area contributed by atoms with E-state index in [1.165, 1.54) is 12.8 Å². The molecular formula is C41H68NO8P. The van der Waals surface area contributed by atoms with E-state index in [0.717, 1.165) is 77.0 Å². The summed E-state index contributed by atoms with van der Waals surface area (Å²) in [5.74, 6) is -0.950. The van der Waals surface area contributed by atoms with E-state index in [4.69, 9.17) is 24.3 Å². The average Bonchev–Trinajstić information content (AvgIpc) is 3.11. The number of hydrogen-bond acceptors (Lipinski definition) is 8. The first-order chi connectivity index (χ1) is 24.8. The predicted molar refractivity (Wildman–Crippen MR) is 210 cm³/mol. The number of nitrogens with two attached hydrogens (primary N) is 1. The summed E-state index contributed by atoms with van der Waals surface area (Å²) in [4.78, 5) is 34.6. The normalized spacial score (nSPS) is 14.4. The number of ether oxygens (including phenoxy) is 2. The molecule has 0 radical (unpaired) electrons. The van der Waals surface area contributed by atoms with Gasteiger partial charge in [-0.2, -0.15) is 0 Å². The fourth-order valence-corrected chi connectivity index (χ4v) is 5.23. The fraction of sp³-hybridized carbons (Fsp3) is 0.610. The highest BCUT2D eigenvalue weighted by Crippen LogP contribution is 2.43. The van der Waals surface area contributed by atoms with Gasteiger partial charge in [-0.05, 0) is 70.6 Å². The lowest BCUT2D eigenvalue weighted by molar-refractivity contribution is -0.161. The Labute approximate surface area is 309 Å². The van der Waals surface area contributed by atoms with Crippen molar-refractivity contribution in [2.75, 3.05) is 26.4 Å². The molecular weight excluding hydrogens is 665 g/mol. The van der Waals surface area contributed by atoms with E-state index >= 15 is 0 Å². The van der Waals surface area contributed by atoms with Crippen molar-refractivity contribution in [3.05, 3.63) is 85.1 Å². The minimum Gasteiger partial charge on any atom is -0.462 e. The summed E-state index contributed by atoms with van der Waals surface area (Å²) in [7, 11) is -4.40. The lowest BCUT2D eigenvalue weighted by Crippen LogP contribution is -2.29. The van der Waals surface area contributed by atoms with Crippen LogP contribution in [0.1, 0.15) is 129 Å². The van der Waals surface area contributed by atoms with Gasteiger partial charge >= 0.3 is 19.8 Å². The largest absolute Gasteiger partial charge is 0.472 e. The third-order valence-electron chi connectivity index (χ3n) is 7.28. The van der Waals surface area contributed by atoms with Crippen molar-refractivity contribution in [1.29, 1.82) is 0 Å². The van der Waals surface area contributed by atoms with Crippen molar-refractivity contribution >= 4 is 19.8 Å². The molecule has 0 heterocycles. The SMILES string of the molecule is CCC=CCC=CCC=CCC=CCC=CCC=CCCC(=O)O[C@H](COC(=O)CCCCCCCC=CCCCC)COP(=O)(O)OCCN. The zero-order valence-corrected chi connectivity index (χ0v) is 32.4. The minimum atomic E-state index is -4.40. The van der Waals surface area contributed by atoms with Gasteiger partial charge in [-0.1, -0.05) is 131 Å². The smallest absolute Gasteiger partial charge is 0.462 e. The Hall–Kier alpha value is -2.81. The van der Waals surface area contributed by atoms with Gasteiger partial charge in [0.2, 0.25) is 0 Å². The number of rotatable bonds is 34. The molecule has 0 fully saturated rings. The van der Waals surface area contributed by atoms with E-state index in [1.807, 2.05) is 12.2 Å². The first-order valence-corrected chi connectivity index (χ1v) is 20.6. The van der Waals surface area contributed by atoms with Crippen molar-refractivity contribution < 1.29 is 37.6 Å². The van der Waals surface area contributed by atoms with Crippen molar-refractivity contribution in [3.8, 4) is 0 Å². The molecule has 0 aliphatic heterocycles. The van der Waals surface area contributed by atoms with E-state index in [2.05, 4.69) is 86.8 Å². The topological polar surface area (TPSA) is 134 Å². The molecule has 0 saturated heterocycles. The van der Waals surface area contributed by atoms with Gasteiger partial charge in [0, 0.05) is 19.4 Å². The van der Waals surface area contributed by atoms with Crippen LogP contribution in [0.5, 0.6) is 0 Å². The maximum absolute atomic E-state index is 12.5. The first kappa shape index (κ1) is 48.2. The Balaban J connectivity index is 4.39. The van der Waals surface area contributed by atoms with Crippen LogP contribution in [-0.2, 0) is 32.7 Å². The maximum Gasteiger partial charge on any atom is 0.472 e. The summed E-state index contributed by atoms with van der Waals surface area (Å²) < 4.78 is 32.5. The molecule has 0 aliphatic carbocycles. The summed E-state index contributed by atoms with van der Waals surface area (Å²) in [6.07, 6.45) is 44.9. The summed E-state index contributed by atoms with van der Waals surface area (Å²) >= 11 is 0. The number of carbonyl (C=O) groups excluding carboxylic acids is 2. The van der Waals surface area contributed by atoms with Gasteiger partial charge in [-0.3, -0.25) is 18.6 Å². The molecule has 0 amide bonds. The summed E-state index contributed by atoms with van der Waals surface area (Å²) in [6, 6.07) is 0. The number of esters is 2. The lowest BCUT2D eigenvalue weighted by atomic mass is 10.1. The first-order valence-electron chi connectivity index (χ1n) is 19.1. The zero-order chi connectivity index (χ0) is 37.5. The molecule has 0 aromatic heterocycles. The summed E-state index contributed by atoms with van der Waals surface area (Å²) in [5, 5.41) is 0. The highest BCUT2D eigenvalue weighted by Gasteiger charge is 2.25. The Morgan fingerprint density at radius 1 is 0.608 bits per heavy atom. The molecule has 0 aromatic carbocycles. The second-order valence-electron chi connectivity index (χ2n) is 12.1. The van der Waals surface area contributed by atoms with Crippen LogP contribution >= 0.6 is 7.82 Å². The highest BCUT2D eigenvalue weighted by molar-refractivity contribution is 7.47. The van der Waals surface area contributed by atoms with E-state index in [9.17, 15) is 19.0 Å². The fourth-order valence-electron chi connectivity index (χ4n) is 4.46. The molecule has 10 heteroatoms. The van der Waals surface area contributed by atoms with Crippen LogP contribution in [0.3, 0.4) is 0 Å². The molecule has 3 N–H and O–H groups in total. The summed E-state index contributed by atoms with van der Waals surface area (Å²) in [5.41, 5.74) is 5.32. The van der Waals surface area contributed by atoms with Gasteiger partial charge in [0.05, 0.1) is 13.2 Å². The van der Waals surface area contributed by atoms with E-state index in [1.54, 1.807) is 0 Å². The van der Waals surface area contributed by atoms with Crippen molar-refractivity contribution in [3.63, 3.8) is 0 Å². The number of allylic oxidation sites excluding steroid dienone is 14. The van der Waals surface area contributed by atoms with Crippen LogP contribution < -0.4 is 5.73 Å². The minimum absolute atomic E-state index is 0.0363. The second kappa shape index (κ2) is 37.0. The molecule has 0 bridgehead atoms. The van der Waals surface area contributed by atoms with Crippen LogP contribution in [-0.4, -0.2) is 49.3 Å². The van der Waals surface area contributed by atoms with Crippen LogP contribution in [0.15, 0.2) is 85.1 Å². The molecule has 0 aromatic rings. The standard InChI is InChI=1S/C41H68NO8P/c1-3-5-7-9-11-13-15-16-17-18-19-20-21-22-24-26-28-30-32-34-41(44)50-39(38-49-51(45,46)48-36-35-42)37-47-40(43)33-31-29-27-25-23-14-12-10-8-6-4-2/h5,7,10-13,16-17,19-20,22,24,28,30,39H,3-4,6,8-9,14-15,18,21,23,25-27,29,31-38,42H2,1-2H3,(H,45,46)/t39-/m1/s1. The number of phosphoric acid groups is 1. The molecule has 2 atom stereocenters. The highest BCUT2D eigenvalue weighted by atomic mass is 31.2. The van der Waals surface area contributed by atoms with Gasteiger partial charge in [-0.15, -0.1) is 0 Å². The third-order valence-corrected chi connectivity index (χ3v) is 8.26. The number of phosphoric ester groups is 1. The molecule has 1 unspecified atom stereocenters. The second-order valence-corrected chi connectivity index (χ2v) is 13.5. The number of carbonyl (C=O) groups is 2. The van der Waals surface area contributed by atoms with Crippen LogP contribution in [0, 0.1) is 0 Å². The van der Waals surface area contributed by atoms with E-state index in [0.29, 0.717) is 12.8 Å². The Kier molecular flexibility index (Phi) is 34.9. The molecule has 0 aliphatic rings. The van der Waals surface area contributed by atoms with Gasteiger partial charge in [0.1, 0.15) is 6.61 Å². The van der Waals surface area contributed by atoms with Crippen LogP contribution in [0.25, 0.3) is 0 Å². The molecule has 0 spiro atoms. The zero-order valence-electron chi connectivity index (χ0n) is 31.5. The van der Waals surface area contributed by atoms with Crippen molar-refractivity contribution in [2.24, 2.45) is 5.73 Å². The molecule has 290 valence electrons. The monoisotopic (exact) mass is 733 g/mol. The van der Waals surface area contributed by atoms with Gasteiger partial charge in [-0.25, -0.2) is 4.57 Å². The van der Waals surface area contributed by atoms with Crippen molar-refractivity contribution in [2.45, 2.75) is 136 Å². The van der Waals surface area contributed by atoms with Crippen molar-refractivity contribution in [1.82, 2.24) is 0 Å². The third kappa shape index (κ3) is 36.8. The number of hydrogen-bond donors (Lipinski definition) is 2. The lowest BCUT2D eigenvalue weighted by Gasteiger charge is -2.19. The Morgan fingerprint density at radius 2 is 1.12 bits per heavy atom. The van der Waals surface area contributed by atoms with Crippen LogP contribution in [0.4, 0.5) is 0 Å². The quantitative estimate of drug-likeness (QED) is 0.0287. The maximum atomic E-state index is 12.5. The van der Waals surface area contributed by atoms with Gasteiger partial charge in [0.15, 0.2) is 6.10 Å². The molecule has 9 nitrogen and oxygen atoms in total.